The van der Waals surface area contributed by atoms with Crippen LogP contribution in [0.3, 0.4) is 0 Å². The maximum absolute atomic E-state index is 5.95. The van der Waals surface area contributed by atoms with E-state index in [1.54, 1.807) is 18.2 Å². The highest BCUT2D eigenvalue weighted by Crippen LogP contribution is 2.31. The highest BCUT2D eigenvalue weighted by molar-refractivity contribution is 6.34. The number of anilines is 1. The molecule has 1 aromatic heterocycles. The number of nitrogens with one attached hydrogen (secondary N) is 1. The molecule has 2 rings (SSSR count). The third kappa shape index (κ3) is 2.97. The van der Waals surface area contributed by atoms with E-state index in [-0.39, 0.29) is 0 Å². The lowest BCUT2D eigenvalue weighted by molar-refractivity contribution is 0.462. The molecule has 2 aromatic rings. The lowest BCUT2D eigenvalue weighted by Gasteiger charge is -2.07. The van der Waals surface area contributed by atoms with E-state index in [9.17, 15) is 0 Å². The SMILES string of the molecule is NNc1cc(Oc2cc(Cl)ccc2Cl)ncn1. The van der Waals surface area contributed by atoms with Gasteiger partial charge in [-0.15, -0.1) is 0 Å². The minimum Gasteiger partial charge on any atom is -0.437 e. The van der Waals surface area contributed by atoms with Crippen LogP contribution in [0.25, 0.3) is 0 Å². The normalized spacial score (nSPS) is 10.1. The molecule has 7 heteroatoms. The van der Waals surface area contributed by atoms with Crippen molar-refractivity contribution in [3.8, 4) is 11.6 Å². The molecule has 0 saturated carbocycles. The van der Waals surface area contributed by atoms with Gasteiger partial charge in [0.15, 0.2) is 0 Å². The summed E-state index contributed by atoms with van der Waals surface area (Å²) >= 11 is 11.8. The van der Waals surface area contributed by atoms with E-state index in [2.05, 4.69) is 15.4 Å². The summed E-state index contributed by atoms with van der Waals surface area (Å²) in [6, 6.07) is 6.45. The third-order valence-corrected chi connectivity index (χ3v) is 2.44. The van der Waals surface area contributed by atoms with E-state index in [1.165, 1.54) is 12.4 Å². The molecular formula is C10H8Cl2N4O. The largest absolute Gasteiger partial charge is 0.437 e. The number of hydrogen-bond acceptors (Lipinski definition) is 5. The first-order valence-electron chi connectivity index (χ1n) is 4.60. The van der Waals surface area contributed by atoms with Crippen molar-refractivity contribution in [2.45, 2.75) is 0 Å². The Labute approximate surface area is 108 Å². The van der Waals surface area contributed by atoms with Gasteiger partial charge in [-0.05, 0) is 12.1 Å². The zero-order chi connectivity index (χ0) is 12.3. The number of aromatic nitrogens is 2. The molecule has 3 N–H and O–H groups in total. The maximum Gasteiger partial charge on any atom is 0.224 e. The topological polar surface area (TPSA) is 73.1 Å². The lowest BCUT2D eigenvalue weighted by Crippen LogP contribution is -2.08. The molecule has 1 aromatic carbocycles. The average molecular weight is 271 g/mol. The fraction of sp³-hybridized carbons (Fsp3) is 0. The van der Waals surface area contributed by atoms with Gasteiger partial charge in [0, 0.05) is 17.2 Å². The van der Waals surface area contributed by atoms with Crippen molar-refractivity contribution in [1.82, 2.24) is 9.97 Å². The Hall–Kier alpha value is -1.56. The van der Waals surface area contributed by atoms with Crippen LogP contribution in [0, 0.1) is 0 Å². The second-order valence-corrected chi connectivity index (χ2v) is 3.91. The number of hydrogen-bond donors (Lipinski definition) is 2. The fourth-order valence-corrected chi connectivity index (χ4v) is 1.46. The van der Waals surface area contributed by atoms with Gasteiger partial charge in [0.25, 0.3) is 0 Å². The van der Waals surface area contributed by atoms with Gasteiger partial charge >= 0.3 is 0 Å². The number of ether oxygens (including phenoxy) is 1. The molecule has 0 saturated heterocycles. The Balaban J connectivity index is 2.27. The van der Waals surface area contributed by atoms with Crippen molar-refractivity contribution in [3.05, 3.63) is 40.6 Å². The van der Waals surface area contributed by atoms with E-state index in [0.717, 1.165) is 0 Å². The standard InChI is InChI=1S/C10H8Cl2N4O/c11-6-1-2-7(12)8(3-6)17-10-4-9(16-13)14-5-15-10/h1-5H,13H2,(H,14,15,16). The zero-order valence-electron chi connectivity index (χ0n) is 8.52. The predicted octanol–water partition coefficient (Wildman–Crippen LogP) is 2.86. The predicted molar refractivity (Wildman–Crippen MR) is 66.4 cm³/mol. The Morgan fingerprint density at radius 3 is 2.76 bits per heavy atom. The first kappa shape index (κ1) is 11.9. The van der Waals surface area contributed by atoms with Crippen LogP contribution in [0.2, 0.25) is 10.0 Å². The molecule has 88 valence electrons. The number of halogens is 2. The van der Waals surface area contributed by atoms with Crippen LogP contribution in [0.1, 0.15) is 0 Å². The van der Waals surface area contributed by atoms with Crippen LogP contribution in [-0.4, -0.2) is 9.97 Å². The Morgan fingerprint density at radius 2 is 2.00 bits per heavy atom. The second-order valence-electron chi connectivity index (χ2n) is 3.06. The smallest absolute Gasteiger partial charge is 0.224 e. The number of rotatable bonds is 3. The summed E-state index contributed by atoms with van der Waals surface area (Å²) in [6.45, 7) is 0. The van der Waals surface area contributed by atoms with E-state index >= 15 is 0 Å². The summed E-state index contributed by atoms with van der Waals surface area (Å²) in [5, 5.41) is 0.964. The third-order valence-electron chi connectivity index (χ3n) is 1.90. The summed E-state index contributed by atoms with van der Waals surface area (Å²) in [4.78, 5) is 7.78. The Bertz CT molecular complexity index is 535. The molecule has 0 fully saturated rings. The van der Waals surface area contributed by atoms with E-state index in [4.69, 9.17) is 33.8 Å². The fourth-order valence-electron chi connectivity index (χ4n) is 1.14. The van der Waals surface area contributed by atoms with Crippen molar-refractivity contribution < 1.29 is 4.74 Å². The number of hydrazine groups is 1. The van der Waals surface area contributed by atoms with Crippen LogP contribution >= 0.6 is 23.2 Å². The van der Waals surface area contributed by atoms with Crippen LogP contribution in [-0.2, 0) is 0 Å². The number of nitrogen functional groups attached to an aromatic ring is 1. The summed E-state index contributed by atoms with van der Waals surface area (Å²) in [5.74, 6) is 6.40. The summed E-state index contributed by atoms with van der Waals surface area (Å²) < 4.78 is 5.47. The molecule has 17 heavy (non-hydrogen) atoms. The molecule has 0 spiro atoms. The van der Waals surface area contributed by atoms with Gasteiger partial charge in [-0.25, -0.2) is 15.8 Å². The molecule has 0 bridgehead atoms. The second kappa shape index (κ2) is 5.18. The summed E-state index contributed by atoms with van der Waals surface area (Å²) in [7, 11) is 0. The van der Waals surface area contributed by atoms with Gasteiger partial charge in [0.1, 0.15) is 17.9 Å². The van der Waals surface area contributed by atoms with Gasteiger partial charge in [0.2, 0.25) is 5.88 Å². The van der Waals surface area contributed by atoms with Crippen molar-refractivity contribution in [2.75, 3.05) is 5.43 Å². The van der Waals surface area contributed by atoms with Gasteiger partial charge in [-0.3, -0.25) is 0 Å². The number of nitrogens with two attached hydrogens (primary N) is 1. The minimum atomic E-state index is 0.317. The first-order chi connectivity index (χ1) is 8.19. The van der Waals surface area contributed by atoms with Crippen molar-refractivity contribution in [1.29, 1.82) is 0 Å². The summed E-state index contributed by atoms with van der Waals surface area (Å²) in [6.07, 6.45) is 1.32. The maximum atomic E-state index is 5.95. The molecule has 0 amide bonds. The molecule has 0 aliphatic heterocycles. The van der Waals surface area contributed by atoms with Crippen LogP contribution in [0.4, 0.5) is 5.82 Å². The highest BCUT2D eigenvalue weighted by Gasteiger charge is 2.06. The molecule has 0 aliphatic carbocycles. The van der Waals surface area contributed by atoms with E-state index in [1.807, 2.05) is 0 Å². The zero-order valence-corrected chi connectivity index (χ0v) is 10.0. The molecule has 1 heterocycles. The number of nitrogens with zero attached hydrogens (tertiary/aromatic N) is 2. The van der Waals surface area contributed by atoms with Gasteiger partial charge in [-0.2, -0.15) is 0 Å². The van der Waals surface area contributed by atoms with E-state index in [0.29, 0.717) is 27.5 Å². The van der Waals surface area contributed by atoms with Crippen molar-refractivity contribution in [3.63, 3.8) is 0 Å². The van der Waals surface area contributed by atoms with Gasteiger partial charge < -0.3 is 10.2 Å². The summed E-state index contributed by atoms with van der Waals surface area (Å²) in [5.41, 5.74) is 2.39. The average Bonchev–Trinajstić information content (AvgIpc) is 2.34. The molecular weight excluding hydrogens is 263 g/mol. The van der Waals surface area contributed by atoms with Crippen LogP contribution < -0.4 is 16.0 Å². The Morgan fingerprint density at radius 1 is 1.18 bits per heavy atom. The van der Waals surface area contributed by atoms with Crippen LogP contribution in [0.5, 0.6) is 11.6 Å². The Kier molecular flexibility index (Phi) is 3.63. The molecule has 0 radical (unpaired) electrons. The highest BCUT2D eigenvalue weighted by atomic mass is 35.5. The van der Waals surface area contributed by atoms with E-state index < -0.39 is 0 Å². The first-order valence-corrected chi connectivity index (χ1v) is 5.36. The monoisotopic (exact) mass is 270 g/mol. The van der Waals surface area contributed by atoms with Crippen LogP contribution in [0.15, 0.2) is 30.6 Å². The lowest BCUT2D eigenvalue weighted by atomic mass is 10.3. The van der Waals surface area contributed by atoms with Crippen molar-refractivity contribution >= 4 is 29.0 Å². The van der Waals surface area contributed by atoms with Gasteiger partial charge in [-0.1, -0.05) is 23.2 Å². The van der Waals surface area contributed by atoms with Crippen molar-refractivity contribution in [2.24, 2.45) is 5.84 Å². The quantitative estimate of drug-likeness (QED) is 0.663. The number of benzene rings is 1. The minimum absolute atomic E-state index is 0.317. The molecule has 0 unspecified atom stereocenters. The molecule has 0 atom stereocenters. The molecule has 5 nitrogen and oxygen atoms in total. The molecule has 0 aliphatic rings. The van der Waals surface area contributed by atoms with Gasteiger partial charge in [0.05, 0.1) is 5.02 Å².